The number of hydrogen-bond acceptors (Lipinski definition) is 7. The Labute approximate surface area is 140 Å². The first-order valence-electron chi connectivity index (χ1n) is 7.36. The zero-order chi connectivity index (χ0) is 16.2. The molecule has 0 amide bonds. The third-order valence-electron chi connectivity index (χ3n) is 3.31. The molecule has 0 aromatic carbocycles. The van der Waals surface area contributed by atoms with Gasteiger partial charge in [0.25, 0.3) is 0 Å². The molecule has 1 aromatic rings. The van der Waals surface area contributed by atoms with E-state index in [0.717, 1.165) is 49.0 Å². The van der Waals surface area contributed by atoms with Crippen molar-refractivity contribution in [2.24, 2.45) is 5.14 Å². The van der Waals surface area contributed by atoms with E-state index in [1.807, 2.05) is 13.8 Å². The van der Waals surface area contributed by atoms with Crippen molar-refractivity contribution in [3.8, 4) is 0 Å². The van der Waals surface area contributed by atoms with E-state index in [1.54, 1.807) is 18.0 Å². The van der Waals surface area contributed by atoms with E-state index >= 15 is 0 Å². The molecule has 2 rings (SSSR count). The number of likely N-dealkylation sites (N-methyl/N-ethyl adjacent to an activating group) is 1. The molecule has 22 heavy (non-hydrogen) atoms. The first-order chi connectivity index (χ1) is 10.5. The zero-order valence-corrected chi connectivity index (χ0v) is 15.3. The number of fused-ring (bicyclic) bond motifs is 1. The molecular formula is C13H23N3O3S3. The number of hydrogen-bond donors (Lipinski definition) is 2. The summed E-state index contributed by atoms with van der Waals surface area (Å²) >= 11 is 2.87. The smallest absolute Gasteiger partial charge is 0.247 e. The van der Waals surface area contributed by atoms with Gasteiger partial charge in [0, 0.05) is 32.3 Å². The Hall–Kier alpha value is -0.160. The maximum atomic E-state index is 11.6. The van der Waals surface area contributed by atoms with Crippen LogP contribution in [0.1, 0.15) is 31.9 Å². The Morgan fingerprint density at radius 2 is 2.27 bits per heavy atom. The second-order valence-corrected chi connectivity index (χ2v) is 9.20. The van der Waals surface area contributed by atoms with Gasteiger partial charge in [-0.15, -0.1) is 11.3 Å². The van der Waals surface area contributed by atoms with Crippen LogP contribution in [0.15, 0.2) is 14.5 Å². The SMILES string of the molecule is CCN[C@H]1CN(CCCOCC)Sc2sc(S(N)(=O)=O)cc21. The molecule has 3 N–H and O–H groups in total. The molecule has 0 spiro atoms. The molecule has 126 valence electrons. The van der Waals surface area contributed by atoms with Crippen LogP contribution in [0, 0.1) is 0 Å². The third kappa shape index (κ3) is 4.67. The van der Waals surface area contributed by atoms with Gasteiger partial charge in [-0.3, -0.25) is 0 Å². The van der Waals surface area contributed by atoms with Crippen LogP contribution in [0.3, 0.4) is 0 Å². The van der Waals surface area contributed by atoms with Crippen molar-refractivity contribution in [1.82, 2.24) is 9.62 Å². The van der Waals surface area contributed by atoms with E-state index in [1.165, 1.54) is 11.3 Å². The van der Waals surface area contributed by atoms with Crippen molar-refractivity contribution in [3.63, 3.8) is 0 Å². The fourth-order valence-electron chi connectivity index (χ4n) is 2.32. The number of primary sulfonamides is 1. The lowest BCUT2D eigenvalue weighted by Crippen LogP contribution is -2.35. The summed E-state index contributed by atoms with van der Waals surface area (Å²) in [6.07, 6.45) is 0.961. The molecule has 0 fully saturated rings. The Balaban J connectivity index is 2.11. The van der Waals surface area contributed by atoms with Gasteiger partial charge in [-0.05, 0) is 43.5 Å². The van der Waals surface area contributed by atoms with Crippen molar-refractivity contribution in [2.75, 3.05) is 32.8 Å². The fraction of sp³-hybridized carbons (Fsp3) is 0.692. The van der Waals surface area contributed by atoms with E-state index in [9.17, 15) is 8.42 Å². The summed E-state index contributed by atoms with van der Waals surface area (Å²) in [7, 11) is -3.64. The molecule has 9 heteroatoms. The number of thiophene rings is 1. The Bertz CT molecular complexity index is 589. The number of sulfonamides is 1. The molecule has 1 aromatic heterocycles. The Morgan fingerprint density at radius 3 is 2.91 bits per heavy atom. The van der Waals surface area contributed by atoms with Gasteiger partial charge < -0.3 is 10.1 Å². The molecule has 1 aliphatic heterocycles. The zero-order valence-electron chi connectivity index (χ0n) is 12.9. The first kappa shape index (κ1) is 18.2. The highest BCUT2D eigenvalue weighted by Gasteiger charge is 2.29. The maximum Gasteiger partial charge on any atom is 0.247 e. The van der Waals surface area contributed by atoms with Gasteiger partial charge in [0.15, 0.2) is 0 Å². The number of nitrogens with one attached hydrogen (secondary N) is 1. The summed E-state index contributed by atoms with van der Waals surface area (Å²) in [5.41, 5.74) is 1.04. The van der Waals surface area contributed by atoms with E-state index in [4.69, 9.17) is 9.88 Å². The normalized spacial score (nSPS) is 19.3. The van der Waals surface area contributed by atoms with Crippen LogP contribution in [-0.2, 0) is 14.8 Å². The van der Waals surface area contributed by atoms with Crippen molar-refractivity contribution < 1.29 is 13.2 Å². The van der Waals surface area contributed by atoms with Gasteiger partial charge in [-0.1, -0.05) is 6.92 Å². The van der Waals surface area contributed by atoms with Gasteiger partial charge in [-0.25, -0.2) is 17.9 Å². The predicted octanol–water partition coefficient (Wildman–Crippen LogP) is 1.80. The Morgan fingerprint density at radius 1 is 1.50 bits per heavy atom. The number of nitrogens with two attached hydrogens (primary N) is 1. The van der Waals surface area contributed by atoms with Gasteiger partial charge in [0.2, 0.25) is 10.0 Å². The lowest BCUT2D eigenvalue weighted by Gasteiger charge is -2.31. The molecule has 0 unspecified atom stereocenters. The second kappa shape index (κ2) is 8.09. The minimum absolute atomic E-state index is 0.139. The van der Waals surface area contributed by atoms with Crippen molar-refractivity contribution >= 4 is 33.3 Å². The van der Waals surface area contributed by atoms with Gasteiger partial charge in [0.05, 0.1) is 4.21 Å². The summed E-state index contributed by atoms with van der Waals surface area (Å²) < 4.78 is 32.0. The number of ether oxygens (including phenoxy) is 1. The average molecular weight is 366 g/mol. The molecule has 0 aliphatic carbocycles. The highest BCUT2D eigenvalue weighted by molar-refractivity contribution is 7.99. The molecule has 0 bridgehead atoms. The predicted molar refractivity (Wildman–Crippen MR) is 90.6 cm³/mol. The minimum atomic E-state index is -3.64. The lowest BCUT2D eigenvalue weighted by atomic mass is 10.1. The topological polar surface area (TPSA) is 84.7 Å². The van der Waals surface area contributed by atoms with Crippen LogP contribution in [0.25, 0.3) is 0 Å². The van der Waals surface area contributed by atoms with Crippen LogP contribution in [0.5, 0.6) is 0 Å². The third-order valence-corrected chi connectivity index (χ3v) is 7.14. The minimum Gasteiger partial charge on any atom is -0.382 e. The molecule has 1 atom stereocenters. The van der Waals surface area contributed by atoms with Crippen LogP contribution < -0.4 is 10.5 Å². The van der Waals surface area contributed by atoms with Crippen molar-refractivity contribution in [3.05, 3.63) is 11.6 Å². The molecular weight excluding hydrogens is 342 g/mol. The van der Waals surface area contributed by atoms with E-state index in [-0.39, 0.29) is 10.3 Å². The fourth-order valence-corrected chi connectivity index (χ4v) is 5.89. The highest BCUT2D eigenvalue weighted by atomic mass is 32.3. The van der Waals surface area contributed by atoms with Gasteiger partial charge in [0.1, 0.15) is 4.21 Å². The van der Waals surface area contributed by atoms with Crippen LogP contribution in [0.4, 0.5) is 0 Å². The second-order valence-electron chi connectivity index (χ2n) is 4.99. The van der Waals surface area contributed by atoms with E-state index in [2.05, 4.69) is 9.62 Å². The summed E-state index contributed by atoms with van der Waals surface area (Å²) in [5, 5.41) is 8.68. The largest absolute Gasteiger partial charge is 0.382 e. The van der Waals surface area contributed by atoms with Crippen LogP contribution in [0.2, 0.25) is 0 Å². The summed E-state index contributed by atoms with van der Waals surface area (Å²) in [5.74, 6) is 0. The molecule has 2 heterocycles. The summed E-state index contributed by atoms with van der Waals surface area (Å²) in [6.45, 7) is 8.12. The van der Waals surface area contributed by atoms with Crippen molar-refractivity contribution in [2.45, 2.75) is 34.7 Å². The number of rotatable bonds is 8. The summed E-state index contributed by atoms with van der Waals surface area (Å²) in [4.78, 5) is 0. The Kier molecular flexibility index (Phi) is 6.69. The molecule has 1 aliphatic rings. The standard InChI is InChI=1S/C13H23N3O3S3/c1-3-15-11-9-16(6-5-7-19-4-2)21-13-10(11)8-12(20-13)22(14,17)18/h8,11,15H,3-7,9H2,1-2H3,(H2,14,17,18)/t11-/m0/s1. The molecule has 0 saturated carbocycles. The number of nitrogens with zero attached hydrogens (tertiary/aromatic N) is 1. The van der Waals surface area contributed by atoms with Crippen molar-refractivity contribution in [1.29, 1.82) is 0 Å². The van der Waals surface area contributed by atoms with E-state index < -0.39 is 10.0 Å². The molecule has 0 saturated heterocycles. The maximum absolute atomic E-state index is 11.6. The van der Waals surface area contributed by atoms with Crippen LogP contribution >= 0.6 is 23.3 Å². The monoisotopic (exact) mass is 365 g/mol. The lowest BCUT2D eigenvalue weighted by molar-refractivity contribution is 0.140. The molecule has 6 nitrogen and oxygen atoms in total. The average Bonchev–Trinajstić information content (AvgIpc) is 2.88. The first-order valence-corrected chi connectivity index (χ1v) is 10.5. The highest BCUT2D eigenvalue weighted by Crippen LogP contribution is 2.43. The van der Waals surface area contributed by atoms with E-state index in [0.29, 0.717) is 0 Å². The van der Waals surface area contributed by atoms with Crippen LogP contribution in [-0.4, -0.2) is 45.6 Å². The molecule has 0 radical (unpaired) electrons. The van der Waals surface area contributed by atoms with Gasteiger partial charge in [-0.2, -0.15) is 0 Å². The quantitative estimate of drug-likeness (QED) is 0.540. The van der Waals surface area contributed by atoms with Gasteiger partial charge >= 0.3 is 0 Å². The summed E-state index contributed by atoms with van der Waals surface area (Å²) in [6, 6.07) is 1.85.